The summed E-state index contributed by atoms with van der Waals surface area (Å²) in [6.45, 7) is 2.44. The third kappa shape index (κ3) is 4.26. The molecule has 0 bridgehead atoms. The third-order valence-electron chi connectivity index (χ3n) is 5.26. The number of nitrogens with zero attached hydrogens (tertiary/aromatic N) is 2. The molecule has 2 heterocycles. The molecule has 144 valence electrons. The third-order valence-corrected chi connectivity index (χ3v) is 6.39. The number of likely N-dealkylation sites (tertiary alicyclic amines) is 1. The van der Waals surface area contributed by atoms with Crippen molar-refractivity contribution in [1.82, 2.24) is 10.2 Å². The van der Waals surface area contributed by atoms with Crippen LogP contribution in [0.5, 0.6) is 0 Å². The summed E-state index contributed by atoms with van der Waals surface area (Å²) >= 11 is 1.81. The summed E-state index contributed by atoms with van der Waals surface area (Å²) in [7, 11) is 1.98. The second-order valence-electron chi connectivity index (χ2n) is 6.91. The van der Waals surface area contributed by atoms with E-state index in [0.717, 1.165) is 25.9 Å². The Labute approximate surface area is 171 Å². The number of carbonyl (C=O) groups is 1. The van der Waals surface area contributed by atoms with E-state index in [9.17, 15) is 4.79 Å². The van der Waals surface area contributed by atoms with Crippen molar-refractivity contribution >= 4 is 41.5 Å². The van der Waals surface area contributed by atoms with Crippen LogP contribution in [0, 0.1) is 0 Å². The van der Waals surface area contributed by atoms with Crippen LogP contribution in [0.1, 0.15) is 19.3 Å². The summed E-state index contributed by atoms with van der Waals surface area (Å²) in [6, 6.07) is 17.4. The lowest BCUT2D eigenvalue weighted by molar-refractivity contribution is -0.132. The summed E-state index contributed by atoms with van der Waals surface area (Å²) in [5.41, 5.74) is 2.41. The fourth-order valence-electron chi connectivity index (χ4n) is 3.83. The van der Waals surface area contributed by atoms with Gasteiger partial charge in [-0.15, -0.1) is 12.4 Å². The zero-order valence-corrected chi connectivity index (χ0v) is 17.2. The summed E-state index contributed by atoms with van der Waals surface area (Å²) in [5.74, 6) is 0.262. The number of fused-ring (bicyclic) bond motifs is 2. The number of halogens is 1. The van der Waals surface area contributed by atoms with Gasteiger partial charge in [-0.25, -0.2) is 0 Å². The van der Waals surface area contributed by atoms with Crippen molar-refractivity contribution in [3.63, 3.8) is 0 Å². The molecule has 1 atom stereocenters. The Bertz CT molecular complexity index is 755. The lowest BCUT2D eigenvalue weighted by Gasteiger charge is -2.35. The van der Waals surface area contributed by atoms with Gasteiger partial charge in [-0.1, -0.05) is 36.0 Å². The van der Waals surface area contributed by atoms with Gasteiger partial charge < -0.3 is 15.1 Å². The van der Waals surface area contributed by atoms with Crippen molar-refractivity contribution in [1.29, 1.82) is 0 Å². The Morgan fingerprint density at radius 3 is 2.37 bits per heavy atom. The molecule has 1 N–H and O–H groups in total. The van der Waals surface area contributed by atoms with Crippen molar-refractivity contribution in [3.8, 4) is 0 Å². The molecule has 2 aromatic rings. The normalized spacial score (nSPS) is 18.3. The first-order chi connectivity index (χ1) is 12.8. The van der Waals surface area contributed by atoms with Crippen molar-refractivity contribution in [2.45, 2.75) is 35.1 Å². The summed E-state index contributed by atoms with van der Waals surface area (Å²) in [4.78, 5) is 19.6. The number of likely N-dealkylation sites (N-methyl/N-ethyl adjacent to an activating group) is 1. The molecule has 1 amide bonds. The molecule has 1 unspecified atom stereocenters. The van der Waals surface area contributed by atoms with Crippen LogP contribution in [0.25, 0.3) is 0 Å². The number of hydrogen-bond donors (Lipinski definition) is 1. The number of amides is 1. The van der Waals surface area contributed by atoms with Gasteiger partial charge in [0, 0.05) is 41.9 Å². The average Bonchev–Trinajstić information content (AvgIpc) is 2.71. The molecule has 0 radical (unpaired) electrons. The Kier molecular flexibility index (Phi) is 6.68. The monoisotopic (exact) mass is 403 g/mol. The molecule has 0 saturated carbocycles. The quantitative estimate of drug-likeness (QED) is 0.825. The highest BCUT2D eigenvalue weighted by Crippen LogP contribution is 2.47. The van der Waals surface area contributed by atoms with E-state index in [1.165, 1.54) is 21.2 Å². The van der Waals surface area contributed by atoms with E-state index in [2.05, 4.69) is 58.7 Å². The van der Waals surface area contributed by atoms with Crippen LogP contribution >= 0.6 is 24.2 Å². The maximum atomic E-state index is 12.8. The number of hydrogen-bond acceptors (Lipinski definition) is 4. The molecule has 0 aromatic heterocycles. The lowest BCUT2D eigenvalue weighted by atomic mass is 10.1. The van der Waals surface area contributed by atoms with Gasteiger partial charge in [0.15, 0.2) is 0 Å². The standard InChI is InChI=1S/C21H25N3OS.ClH/c1-22-16-7-6-13-23(15-16)21(25)12-14-24-17-8-2-4-10-19(17)26-20-11-5-3-9-18(20)24;/h2-5,8-11,16,22H,6-7,12-15H2,1H3;1H. The highest BCUT2D eigenvalue weighted by molar-refractivity contribution is 7.99. The van der Waals surface area contributed by atoms with Gasteiger partial charge in [0.25, 0.3) is 0 Å². The second-order valence-corrected chi connectivity index (χ2v) is 7.99. The molecule has 2 aliphatic rings. The van der Waals surface area contributed by atoms with E-state index in [4.69, 9.17) is 0 Å². The Morgan fingerprint density at radius 2 is 1.74 bits per heavy atom. The van der Waals surface area contributed by atoms with Crippen LogP contribution in [0.3, 0.4) is 0 Å². The number of anilines is 2. The van der Waals surface area contributed by atoms with Gasteiger partial charge in [-0.2, -0.15) is 0 Å². The van der Waals surface area contributed by atoms with Crippen LogP contribution < -0.4 is 10.2 Å². The van der Waals surface area contributed by atoms with E-state index < -0.39 is 0 Å². The number of carbonyl (C=O) groups excluding carboxylic acids is 1. The lowest BCUT2D eigenvalue weighted by Crippen LogP contribution is -2.47. The van der Waals surface area contributed by atoms with Gasteiger partial charge >= 0.3 is 0 Å². The molecule has 2 aliphatic heterocycles. The summed E-state index contributed by atoms with van der Waals surface area (Å²) in [5, 5.41) is 3.31. The fraction of sp³-hybridized carbons (Fsp3) is 0.381. The van der Waals surface area contributed by atoms with Crippen LogP contribution in [-0.4, -0.2) is 43.5 Å². The fourth-order valence-corrected chi connectivity index (χ4v) is 4.92. The first-order valence-electron chi connectivity index (χ1n) is 9.35. The molecule has 0 aliphatic carbocycles. The van der Waals surface area contributed by atoms with Gasteiger partial charge in [0.2, 0.25) is 5.91 Å². The summed E-state index contributed by atoms with van der Waals surface area (Å²) < 4.78 is 0. The molecule has 4 rings (SSSR count). The SMILES string of the molecule is CNC1CCCN(C(=O)CCN2c3ccccc3Sc3ccccc32)C1.Cl. The minimum atomic E-state index is 0. The first kappa shape index (κ1) is 20.1. The number of nitrogens with one attached hydrogen (secondary N) is 1. The Balaban J connectivity index is 0.00000210. The Morgan fingerprint density at radius 1 is 1.11 bits per heavy atom. The van der Waals surface area contributed by atoms with E-state index in [1.807, 2.05) is 11.9 Å². The first-order valence-corrected chi connectivity index (χ1v) is 10.2. The van der Waals surface area contributed by atoms with Crippen LogP contribution in [0.2, 0.25) is 0 Å². The molecular formula is C21H26ClN3OS. The van der Waals surface area contributed by atoms with Crippen LogP contribution in [0.15, 0.2) is 58.3 Å². The largest absolute Gasteiger partial charge is 0.341 e. The van der Waals surface area contributed by atoms with E-state index in [0.29, 0.717) is 19.0 Å². The predicted octanol–water partition coefficient (Wildman–Crippen LogP) is 4.31. The highest BCUT2D eigenvalue weighted by atomic mass is 35.5. The zero-order valence-electron chi connectivity index (χ0n) is 15.6. The smallest absolute Gasteiger partial charge is 0.224 e. The maximum absolute atomic E-state index is 12.8. The summed E-state index contributed by atoms with van der Waals surface area (Å²) in [6.07, 6.45) is 2.79. The van der Waals surface area contributed by atoms with Gasteiger partial charge in [0.1, 0.15) is 0 Å². The van der Waals surface area contributed by atoms with Gasteiger partial charge in [0.05, 0.1) is 11.4 Å². The average molecular weight is 404 g/mol. The van der Waals surface area contributed by atoms with Crippen LogP contribution in [-0.2, 0) is 4.79 Å². The molecule has 4 nitrogen and oxygen atoms in total. The van der Waals surface area contributed by atoms with Crippen molar-refractivity contribution < 1.29 is 4.79 Å². The molecule has 2 aromatic carbocycles. The highest BCUT2D eigenvalue weighted by Gasteiger charge is 2.26. The van der Waals surface area contributed by atoms with Gasteiger partial charge in [-0.3, -0.25) is 4.79 Å². The predicted molar refractivity (Wildman–Crippen MR) is 115 cm³/mol. The molecule has 27 heavy (non-hydrogen) atoms. The van der Waals surface area contributed by atoms with Crippen molar-refractivity contribution in [2.24, 2.45) is 0 Å². The number of para-hydroxylation sites is 2. The molecule has 0 spiro atoms. The molecule has 6 heteroatoms. The van der Waals surface area contributed by atoms with Gasteiger partial charge in [-0.05, 0) is 44.2 Å². The van der Waals surface area contributed by atoms with E-state index >= 15 is 0 Å². The van der Waals surface area contributed by atoms with Crippen molar-refractivity contribution in [2.75, 3.05) is 31.6 Å². The molecule has 1 saturated heterocycles. The van der Waals surface area contributed by atoms with E-state index in [1.54, 1.807) is 11.8 Å². The van der Waals surface area contributed by atoms with Crippen molar-refractivity contribution in [3.05, 3.63) is 48.5 Å². The Hall–Kier alpha value is -1.69. The van der Waals surface area contributed by atoms with Crippen LogP contribution in [0.4, 0.5) is 11.4 Å². The van der Waals surface area contributed by atoms with E-state index in [-0.39, 0.29) is 18.3 Å². The minimum absolute atomic E-state index is 0. The second kappa shape index (κ2) is 9.00. The number of rotatable bonds is 4. The minimum Gasteiger partial charge on any atom is -0.341 e. The topological polar surface area (TPSA) is 35.6 Å². The molecular weight excluding hydrogens is 378 g/mol. The number of benzene rings is 2. The number of piperidine rings is 1. The maximum Gasteiger partial charge on any atom is 0.224 e. The zero-order chi connectivity index (χ0) is 17.9. The molecule has 1 fully saturated rings.